The quantitative estimate of drug-likeness (QED) is 0.499. The van der Waals surface area contributed by atoms with E-state index >= 15 is 0 Å². The molecule has 1 heterocycles. The molecule has 4 heteroatoms. The van der Waals surface area contributed by atoms with Crippen LogP contribution in [0.1, 0.15) is 6.92 Å². The van der Waals surface area contributed by atoms with E-state index in [4.69, 9.17) is 4.74 Å². The molecule has 0 spiro atoms. The maximum absolute atomic E-state index is 10.4. The maximum atomic E-state index is 10.4. The van der Waals surface area contributed by atoms with Crippen LogP contribution in [0.4, 0.5) is 0 Å². The predicted octanol–water partition coefficient (Wildman–Crippen LogP) is 0.439. The van der Waals surface area contributed by atoms with Gasteiger partial charge in [-0.1, -0.05) is 6.58 Å². The van der Waals surface area contributed by atoms with E-state index in [0.717, 1.165) is 0 Å². The summed E-state index contributed by atoms with van der Waals surface area (Å²) in [4.78, 5) is 10.4. The Morgan fingerprint density at radius 1 is 1.77 bits per heavy atom. The minimum Gasteiger partial charge on any atom is -0.462 e. The van der Waals surface area contributed by atoms with Crippen LogP contribution >= 0.6 is 0 Å². The van der Waals surface area contributed by atoms with Crippen molar-refractivity contribution in [3.05, 3.63) is 25.3 Å². The van der Waals surface area contributed by atoms with E-state index in [2.05, 4.69) is 6.58 Å². The molecule has 0 bridgehead atoms. The van der Waals surface area contributed by atoms with Crippen LogP contribution in [-0.2, 0) is 16.1 Å². The van der Waals surface area contributed by atoms with Crippen LogP contribution in [0.2, 0.25) is 0 Å². The lowest BCUT2D eigenvalue weighted by Crippen LogP contribution is -2.33. The van der Waals surface area contributed by atoms with Gasteiger partial charge in [-0.15, -0.1) is 0 Å². The van der Waals surface area contributed by atoms with Gasteiger partial charge in [0, 0.05) is 6.92 Å². The van der Waals surface area contributed by atoms with Gasteiger partial charge in [0.25, 0.3) is 0 Å². The highest BCUT2D eigenvalue weighted by atomic mass is 16.5. The molecule has 0 saturated carbocycles. The molecular formula is C9H13N2O2+. The Bertz CT molecular complexity index is 304. The summed E-state index contributed by atoms with van der Waals surface area (Å²) in [5, 5.41) is 0. The summed E-state index contributed by atoms with van der Waals surface area (Å²) in [5.74, 6) is -0.247. The van der Waals surface area contributed by atoms with Crippen molar-refractivity contribution >= 4 is 12.2 Å². The standard InChI is InChI=1S/C9H13N2O2/c1-3-10-4-5-11(8-10)6-7-13-9(2)12/h3-5,8H,1,6-7H2,2H3/q+1. The molecule has 0 aliphatic carbocycles. The molecule has 0 amide bonds. The van der Waals surface area contributed by atoms with Gasteiger partial charge in [-0.2, -0.15) is 0 Å². The number of imidazole rings is 1. The van der Waals surface area contributed by atoms with Gasteiger partial charge in [0.15, 0.2) is 0 Å². The molecule has 0 atom stereocenters. The molecule has 0 aliphatic rings. The van der Waals surface area contributed by atoms with E-state index in [0.29, 0.717) is 13.2 Å². The fraction of sp³-hybridized carbons (Fsp3) is 0.333. The number of aromatic nitrogens is 2. The molecule has 0 unspecified atom stereocenters. The minimum atomic E-state index is -0.247. The summed E-state index contributed by atoms with van der Waals surface area (Å²) >= 11 is 0. The lowest BCUT2D eigenvalue weighted by Gasteiger charge is -1.97. The summed E-state index contributed by atoms with van der Waals surface area (Å²) in [6, 6.07) is 0. The molecule has 0 aliphatic heterocycles. The van der Waals surface area contributed by atoms with Crippen LogP contribution in [0.25, 0.3) is 6.20 Å². The largest absolute Gasteiger partial charge is 0.462 e. The first-order valence-electron chi connectivity index (χ1n) is 4.05. The molecule has 0 saturated heterocycles. The van der Waals surface area contributed by atoms with Crippen molar-refractivity contribution in [3.8, 4) is 0 Å². The molecule has 1 rings (SSSR count). The molecule has 70 valence electrons. The minimum absolute atomic E-state index is 0.247. The molecule has 4 nitrogen and oxygen atoms in total. The highest BCUT2D eigenvalue weighted by Crippen LogP contribution is 1.83. The van der Waals surface area contributed by atoms with Crippen molar-refractivity contribution in [2.24, 2.45) is 0 Å². The third-order valence-corrected chi connectivity index (χ3v) is 1.58. The third kappa shape index (κ3) is 3.11. The first-order valence-corrected chi connectivity index (χ1v) is 4.05. The second-order valence-electron chi connectivity index (χ2n) is 2.62. The van der Waals surface area contributed by atoms with Gasteiger partial charge in [-0.3, -0.25) is 4.79 Å². The number of ether oxygens (including phenoxy) is 1. The topological polar surface area (TPSA) is 35.1 Å². The predicted molar refractivity (Wildman–Crippen MR) is 47.6 cm³/mol. The molecule has 13 heavy (non-hydrogen) atoms. The lowest BCUT2D eigenvalue weighted by molar-refractivity contribution is -0.697. The zero-order valence-corrected chi connectivity index (χ0v) is 7.64. The number of esters is 1. The average molecular weight is 181 g/mol. The zero-order valence-electron chi connectivity index (χ0n) is 7.64. The van der Waals surface area contributed by atoms with Crippen molar-refractivity contribution < 1.29 is 14.1 Å². The van der Waals surface area contributed by atoms with Crippen molar-refractivity contribution in [1.29, 1.82) is 0 Å². The fourth-order valence-electron chi connectivity index (χ4n) is 0.946. The van der Waals surface area contributed by atoms with Crippen LogP contribution < -0.4 is 4.57 Å². The van der Waals surface area contributed by atoms with Gasteiger partial charge >= 0.3 is 5.97 Å². The molecule has 0 fully saturated rings. The number of carbonyl (C=O) groups is 1. The van der Waals surface area contributed by atoms with Crippen LogP contribution in [0.15, 0.2) is 25.3 Å². The number of nitrogens with zero attached hydrogens (tertiary/aromatic N) is 2. The Labute approximate surface area is 77.1 Å². The summed E-state index contributed by atoms with van der Waals surface area (Å²) in [7, 11) is 0. The van der Waals surface area contributed by atoms with E-state index < -0.39 is 0 Å². The van der Waals surface area contributed by atoms with Crippen LogP contribution in [0.3, 0.4) is 0 Å². The second kappa shape index (κ2) is 4.45. The monoisotopic (exact) mass is 181 g/mol. The zero-order chi connectivity index (χ0) is 9.68. The Kier molecular flexibility index (Phi) is 3.25. The van der Waals surface area contributed by atoms with Crippen molar-refractivity contribution in [1.82, 2.24) is 4.57 Å². The smallest absolute Gasteiger partial charge is 0.302 e. The Balaban J connectivity index is 2.36. The van der Waals surface area contributed by atoms with Crippen molar-refractivity contribution in [2.75, 3.05) is 6.61 Å². The van der Waals surface area contributed by atoms with E-state index in [1.165, 1.54) is 6.92 Å². The highest BCUT2D eigenvalue weighted by molar-refractivity contribution is 5.65. The summed E-state index contributed by atoms with van der Waals surface area (Å²) in [6.07, 6.45) is 7.34. The Hall–Kier alpha value is -1.58. The normalized spacial score (nSPS) is 9.62. The van der Waals surface area contributed by atoms with E-state index in [1.807, 2.05) is 27.9 Å². The lowest BCUT2D eigenvalue weighted by atomic mass is 10.6. The molecule has 1 aromatic heterocycles. The van der Waals surface area contributed by atoms with Crippen molar-refractivity contribution in [3.63, 3.8) is 0 Å². The van der Waals surface area contributed by atoms with Gasteiger partial charge in [0.05, 0.1) is 6.20 Å². The Morgan fingerprint density at radius 2 is 2.54 bits per heavy atom. The number of hydrogen-bond acceptors (Lipinski definition) is 2. The van der Waals surface area contributed by atoms with Gasteiger partial charge in [0.1, 0.15) is 25.5 Å². The number of carbonyl (C=O) groups excluding carboxylic acids is 1. The molecule has 0 N–H and O–H groups in total. The second-order valence-corrected chi connectivity index (χ2v) is 2.62. The van der Waals surface area contributed by atoms with Gasteiger partial charge in [-0.05, 0) is 0 Å². The SMILES string of the molecule is C=Cn1cc[n+](CCOC(C)=O)c1. The van der Waals surface area contributed by atoms with Crippen LogP contribution in [-0.4, -0.2) is 17.1 Å². The third-order valence-electron chi connectivity index (χ3n) is 1.58. The molecule has 0 radical (unpaired) electrons. The molecular weight excluding hydrogens is 168 g/mol. The van der Waals surface area contributed by atoms with Gasteiger partial charge < -0.3 is 4.74 Å². The summed E-state index contributed by atoms with van der Waals surface area (Å²) in [6.45, 7) is 6.09. The van der Waals surface area contributed by atoms with Crippen molar-refractivity contribution in [2.45, 2.75) is 13.5 Å². The fourth-order valence-corrected chi connectivity index (χ4v) is 0.946. The van der Waals surface area contributed by atoms with E-state index in [9.17, 15) is 4.79 Å². The molecule has 1 aromatic rings. The van der Waals surface area contributed by atoms with Gasteiger partial charge in [0.2, 0.25) is 6.33 Å². The van der Waals surface area contributed by atoms with E-state index in [-0.39, 0.29) is 5.97 Å². The average Bonchev–Trinajstić information content (AvgIpc) is 2.52. The van der Waals surface area contributed by atoms with Crippen LogP contribution in [0.5, 0.6) is 0 Å². The first kappa shape index (κ1) is 9.51. The maximum Gasteiger partial charge on any atom is 0.302 e. The summed E-state index contributed by atoms with van der Waals surface area (Å²) < 4.78 is 8.54. The summed E-state index contributed by atoms with van der Waals surface area (Å²) in [5.41, 5.74) is 0. The Morgan fingerprint density at radius 3 is 3.08 bits per heavy atom. The first-order chi connectivity index (χ1) is 6.22. The van der Waals surface area contributed by atoms with E-state index in [1.54, 1.807) is 6.20 Å². The molecule has 0 aromatic carbocycles. The van der Waals surface area contributed by atoms with Crippen LogP contribution in [0, 0.1) is 0 Å². The number of hydrogen-bond donors (Lipinski definition) is 0. The van der Waals surface area contributed by atoms with Gasteiger partial charge in [-0.25, -0.2) is 9.13 Å². The highest BCUT2D eigenvalue weighted by Gasteiger charge is 2.01. The number of rotatable bonds is 4.